The molecule has 0 radical (unpaired) electrons. The van der Waals surface area contributed by atoms with Crippen LogP contribution in [0.5, 0.6) is 0 Å². The zero-order valence-electron chi connectivity index (χ0n) is 13.7. The summed E-state index contributed by atoms with van der Waals surface area (Å²) >= 11 is 0. The standard InChI is InChI=1S/C19H23N3O/c1-21(2)18-5-3-4-16(12-18)14-6-8-15(9-7-14)19(23)22-11-10-17(20)13-22/h3-9,12,17H,10-11,13,20H2,1-2H3/t17-/m0/s1. The van der Waals surface area contributed by atoms with Gasteiger partial charge in [0.15, 0.2) is 0 Å². The number of carbonyl (C=O) groups is 1. The van der Waals surface area contributed by atoms with Gasteiger partial charge in [0.2, 0.25) is 0 Å². The molecule has 0 spiro atoms. The first-order valence-electron chi connectivity index (χ1n) is 7.97. The molecule has 1 heterocycles. The van der Waals surface area contributed by atoms with Crippen LogP contribution in [-0.4, -0.2) is 44.0 Å². The summed E-state index contributed by atoms with van der Waals surface area (Å²) in [4.78, 5) is 16.4. The molecule has 4 nitrogen and oxygen atoms in total. The number of hydrogen-bond acceptors (Lipinski definition) is 3. The Bertz CT molecular complexity index is 694. The number of nitrogens with two attached hydrogens (primary N) is 1. The highest BCUT2D eigenvalue weighted by Gasteiger charge is 2.24. The fourth-order valence-corrected chi connectivity index (χ4v) is 2.92. The van der Waals surface area contributed by atoms with E-state index in [4.69, 9.17) is 5.73 Å². The van der Waals surface area contributed by atoms with Gasteiger partial charge in [-0.15, -0.1) is 0 Å². The van der Waals surface area contributed by atoms with Crippen LogP contribution in [0.3, 0.4) is 0 Å². The molecule has 1 saturated heterocycles. The zero-order chi connectivity index (χ0) is 16.4. The fraction of sp³-hybridized carbons (Fsp3) is 0.316. The monoisotopic (exact) mass is 309 g/mol. The molecule has 0 aromatic heterocycles. The summed E-state index contributed by atoms with van der Waals surface area (Å²) in [5.41, 5.74) is 10.0. The minimum atomic E-state index is 0.0755. The van der Waals surface area contributed by atoms with Crippen molar-refractivity contribution in [3.05, 3.63) is 54.1 Å². The van der Waals surface area contributed by atoms with Crippen molar-refractivity contribution >= 4 is 11.6 Å². The predicted molar refractivity (Wildman–Crippen MR) is 94.7 cm³/mol. The largest absolute Gasteiger partial charge is 0.378 e. The summed E-state index contributed by atoms with van der Waals surface area (Å²) in [5, 5.41) is 0. The van der Waals surface area contributed by atoms with E-state index in [1.54, 1.807) is 0 Å². The number of hydrogen-bond donors (Lipinski definition) is 1. The van der Waals surface area contributed by atoms with Gasteiger partial charge in [-0.3, -0.25) is 4.79 Å². The number of nitrogens with zero attached hydrogens (tertiary/aromatic N) is 2. The van der Waals surface area contributed by atoms with Gasteiger partial charge in [-0.05, 0) is 41.8 Å². The molecular weight excluding hydrogens is 286 g/mol. The van der Waals surface area contributed by atoms with Gasteiger partial charge < -0.3 is 15.5 Å². The fourth-order valence-electron chi connectivity index (χ4n) is 2.92. The Morgan fingerprint density at radius 3 is 2.48 bits per heavy atom. The van der Waals surface area contributed by atoms with Crippen LogP contribution in [0, 0.1) is 0 Å². The van der Waals surface area contributed by atoms with Crippen LogP contribution in [0.15, 0.2) is 48.5 Å². The molecule has 0 saturated carbocycles. The third-order valence-corrected chi connectivity index (χ3v) is 4.34. The average molecular weight is 309 g/mol. The lowest BCUT2D eigenvalue weighted by Crippen LogP contribution is -2.31. The molecule has 0 unspecified atom stereocenters. The van der Waals surface area contributed by atoms with Crippen LogP contribution in [0.25, 0.3) is 11.1 Å². The molecule has 120 valence electrons. The number of benzene rings is 2. The third kappa shape index (κ3) is 3.37. The second kappa shape index (κ2) is 6.42. The Kier molecular flexibility index (Phi) is 4.35. The van der Waals surface area contributed by atoms with E-state index < -0.39 is 0 Å². The van der Waals surface area contributed by atoms with Crippen molar-refractivity contribution < 1.29 is 4.79 Å². The molecular formula is C19H23N3O. The minimum Gasteiger partial charge on any atom is -0.378 e. The molecule has 2 N–H and O–H groups in total. The first-order chi connectivity index (χ1) is 11.0. The minimum absolute atomic E-state index is 0.0755. The van der Waals surface area contributed by atoms with Crippen LogP contribution in [0.4, 0.5) is 5.69 Å². The topological polar surface area (TPSA) is 49.6 Å². The Morgan fingerprint density at radius 2 is 1.87 bits per heavy atom. The van der Waals surface area contributed by atoms with E-state index in [-0.39, 0.29) is 11.9 Å². The molecule has 23 heavy (non-hydrogen) atoms. The highest BCUT2D eigenvalue weighted by Crippen LogP contribution is 2.24. The average Bonchev–Trinajstić information content (AvgIpc) is 3.01. The van der Waals surface area contributed by atoms with Crippen molar-refractivity contribution in [2.45, 2.75) is 12.5 Å². The molecule has 1 aliphatic rings. The molecule has 1 atom stereocenters. The summed E-state index contributed by atoms with van der Waals surface area (Å²) in [7, 11) is 4.06. The van der Waals surface area contributed by atoms with Crippen molar-refractivity contribution in [1.29, 1.82) is 0 Å². The maximum absolute atomic E-state index is 12.4. The van der Waals surface area contributed by atoms with Crippen LogP contribution >= 0.6 is 0 Å². The Labute approximate surface area is 137 Å². The lowest BCUT2D eigenvalue weighted by molar-refractivity contribution is 0.0791. The summed E-state index contributed by atoms with van der Waals surface area (Å²) < 4.78 is 0. The summed E-state index contributed by atoms with van der Waals surface area (Å²) in [6, 6.07) is 16.3. The van der Waals surface area contributed by atoms with E-state index in [0.717, 1.165) is 35.3 Å². The number of rotatable bonds is 3. The third-order valence-electron chi connectivity index (χ3n) is 4.34. The lowest BCUT2D eigenvalue weighted by Gasteiger charge is -2.16. The summed E-state index contributed by atoms with van der Waals surface area (Å²) in [6.45, 7) is 1.41. The van der Waals surface area contributed by atoms with Gasteiger partial charge in [0, 0.05) is 44.5 Å². The second-order valence-electron chi connectivity index (χ2n) is 6.32. The second-order valence-corrected chi connectivity index (χ2v) is 6.32. The highest BCUT2D eigenvalue weighted by molar-refractivity contribution is 5.95. The molecule has 2 aromatic carbocycles. The van der Waals surface area contributed by atoms with Gasteiger partial charge in [-0.2, -0.15) is 0 Å². The van der Waals surface area contributed by atoms with Crippen LogP contribution in [0.1, 0.15) is 16.8 Å². The van der Waals surface area contributed by atoms with Crippen molar-refractivity contribution in [2.75, 3.05) is 32.1 Å². The lowest BCUT2D eigenvalue weighted by atomic mass is 10.0. The SMILES string of the molecule is CN(C)c1cccc(-c2ccc(C(=O)N3CC[C@H](N)C3)cc2)c1. The smallest absolute Gasteiger partial charge is 0.253 e. The van der Waals surface area contributed by atoms with Crippen LogP contribution in [0.2, 0.25) is 0 Å². The van der Waals surface area contributed by atoms with E-state index in [1.165, 1.54) is 0 Å². The van der Waals surface area contributed by atoms with Gasteiger partial charge in [0.05, 0.1) is 0 Å². The van der Waals surface area contributed by atoms with Crippen molar-refractivity contribution in [2.24, 2.45) is 5.73 Å². The summed E-state index contributed by atoms with van der Waals surface area (Å²) in [5.74, 6) is 0.0755. The number of carbonyl (C=O) groups excluding carboxylic acids is 1. The van der Waals surface area contributed by atoms with Crippen LogP contribution in [-0.2, 0) is 0 Å². The van der Waals surface area contributed by atoms with E-state index in [9.17, 15) is 4.79 Å². The van der Waals surface area contributed by atoms with Crippen LogP contribution < -0.4 is 10.6 Å². The van der Waals surface area contributed by atoms with Crippen molar-refractivity contribution in [3.8, 4) is 11.1 Å². The molecule has 4 heteroatoms. The van der Waals surface area contributed by atoms with E-state index >= 15 is 0 Å². The van der Waals surface area contributed by atoms with Crippen molar-refractivity contribution in [1.82, 2.24) is 4.90 Å². The molecule has 0 bridgehead atoms. The number of likely N-dealkylation sites (tertiary alicyclic amines) is 1. The van der Waals surface area contributed by atoms with Gasteiger partial charge in [-0.25, -0.2) is 0 Å². The zero-order valence-corrected chi connectivity index (χ0v) is 13.7. The number of amides is 1. The Balaban J connectivity index is 1.79. The normalized spacial score (nSPS) is 17.3. The first kappa shape index (κ1) is 15.6. The van der Waals surface area contributed by atoms with Gasteiger partial charge in [-0.1, -0.05) is 24.3 Å². The molecule has 1 amide bonds. The van der Waals surface area contributed by atoms with Crippen molar-refractivity contribution in [3.63, 3.8) is 0 Å². The van der Waals surface area contributed by atoms with Gasteiger partial charge in [0.25, 0.3) is 5.91 Å². The Morgan fingerprint density at radius 1 is 1.13 bits per heavy atom. The van der Waals surface area contributed by atoms with Gasteiger partial charge >= 0.3 is 0 Å². The summed E-state index contributed by atoms with van der Waals surface area (Å²) in [6.07, 6.45) is 0.890. The Hall–Kier alpha value is -2.33. The molecule has 1 aliphatic heterocycles. The van der Waals surface area contributed by atoms with E-state index in [1.807, 2.05) is 43.3 Å². The maximum atomic E-state index is 12.4. The molecule has 3 rings (SSSR count). The predicted octanol–water partition coefficient (Wildman–Crippen LogP) is 2.59. The van der Waals surface area contributed by atoms with E-state index in [0.29, 0.717) is 6.54 Å². The molecule has 2 aromatic rings. The maximum Gasteiger partial charge on any atom is 0.253 e. The number of anilines is 1. The molecule has 1 fully saturated rings. The highest BCUT2D eigenvalue weighted by atomic mass is 16.2. The van der Waals surface area contributed by atoms with E-state index in [2.05, 4.69) is 29.2 Å². The van der Waals surface area contributed by atoms with Gasteiger partial charge in [0.1, 0.15) is 0 Å². The molecule has 0 aliphatic carbocycles. The first-order valence-corrected chi connectivity index (χ1v) is 7.97. The quantitative estimate of drug-likeness (QED) is 0.948.